The summed E-state index contributed by atoms with van der Waals surface area (Å²) in [5.41, 5.74) is 1.14. The highest BCUT2D eigenvalue weighted by atomic mass is 16.5. The van der Waals surface area contributed by atoms with Gasteiger partial charge in [-0.1, -0.05) is 19.9 Å². The molecule has 0 atom stereocenters. The van der Waals surface area contributed by atoms with Crippen LogP contribution in [0.2, 0.25) is 0 Å². The fourth-order valence-corrected chi connectivity index (χ4v) is 2.37. The Morgan fingerprint density at radius 2 is 2.24 bits per heavy atom. The topological polar surface area (TPSA) is 34.1 Å². The van der Waals surface area contributed by atoms with Crippen molar-refractivity contribution >= 4 is 0 Å². The van der Waals surface area contributed by atoms with Crippen molar-refractivity contribution in [3.8, 4) is 5.88 Å². The van der Waals surface area contributed by atoms with Crippen molar-refractivity contribution in [2.24, 2.45) is 11.8 Å². The van der Waals surface area contributed by atoms with Gasteiger partial charge in [0.05, 0.1) is 7.11 Å². The first-order valence-electron chi connectivity index (χ1n) is 6.42. The highest BCUT2D eigenvalue weighted by Gasteiger charge is 2.30. The molecule has 0 spiro atoms. The van der Waals surface area contributed by atoms with Gasteiger partial charge in [0, 0.05) is 24.3 Å². The molecular weight excluding hydrogens is 212 g/mol. The molecule has 0 aromatic carbocycles. The van der Waals surface area contributed by atoms with Gasteiger partial charge in [-0.15, -0.1) is 0 Å². The van der Waals surface area contributed by atoms with E-state index in [-0.39, 0.29) is 0 Å². The zero-order chi connectivity index (χ0) is 12.3. The Labute approximate surface area is 104 Å². The number of pyridine rings is 1. The first-order valence-corrected chi connectivity index (χ1v) is 6.42. The highest BCUT2D eigenvalue weighted by molar-refractivity contribution is 5.25. The summed E-state index contributed by atoms with van der Waals surface area (Å²) in [5.74, 6) is 2.46. The second-order valence-electron chi connectivity index (χ2n) is 5.23. The third kappa shape index (κ3) is 2.97. The Kier molecular flexibility index (Phi) is 4.00. The Morgan fingerprint density at radius 1 is 1.47 bits per heavy atom. The zero-order valence-corrected chi connectivity index (χ0v) is 10.9. The van der Waals surface area contributed by atoms with Gasteiger partial charge in [0.25, 0.3) is 0 Å². The number of methoxy groups -OCH3 is 1. The van der Waals surface area contributed by atoms with Crippen LogP contribution in [0.5, 0.6) is 5.88 Å². The Balaban J connectivity index is 1.79. The molecule has 1 aromatic heterocycles. The number of ether oxygens (including phenoxy) is 1. The molecule has 0 amide bonds. The van der Waals surface area contributed by atoms with Crippen molar-refractivity contribution in [1.82, 2.24) is 10.3 Å². The average Bonchev–Trinajstić information content (AvgIpc) is 2.27. The number of nitrogens with zero attached hydrogens (tertiary/aromatic N) is 1. The second kappa shape index (κ2) is 5.50. The van der Waals surface area contributed by atoms with E-state index in [1.807, 2.05) is 6.07 Å². The van der Waals surface area contributed by atoms with Crippen LogP contribution in [0.4, 0.5) is 0 Å². The van der Waals surface area contributed by atoms with E-state index in [0.717, 1.165) is 29.8 Å². The van der Waals surface area contributed by atoms with Gasteiger partial charge in [-0.05, 0) is 30.7 Å². The van der Waals surface area contributed by atoms with E-state index < -0.39 is 0 Å². The first kappa shape index (κ1) is 12.4. The summed E-state index contributed by atoms with van der Waals surface area (Å²) in [6, 6.07) is 4.70. The molecule has 94 valence electrons. The molecule has 3 nitrogen and oxygen atoms in total. The molecule has 1 aliphatic rings. The number of rotatable bonds is 5. The summed E-state index contributed by atoms with van der Waals surface area (Å²) < 4.78 is 5.24. The molecule has 0 bridgehead atoms. The number of hydrogen-bond donors (Lipinski definition) is 1. The minimum atomic E-state index is 0.673. The van der Waals surface area contributed by atoms with E-state index in [9.17, 15) is 0 Å². The average molecular weight is 234 g/mol. The van der Waals surface area contributed by atoms with Gasteiger partial charge in [0.2, 0.25) is 5.88 Å². The quantitative estimate of drug-likeness (QED) is 0.850. The Morgan fingerprint density at radius 3 is 2.88 bits per heavy atom. The molecule has 1 N–H and O–H groups in total. The van der Waals surface area contributed by atoms with Crippen LogP contribution in [-0.4, -0.2) is 18.1 Å². The largest absolute Gasteiger partial charge is 0.481 e. The maximum absolute atomic E-state index is 5.24. The molecule has 1 fully saturated rings. The van der Waals surface area contributed by atoms with Crippen LogP contribution in [0.3, 0.4) is 0 Å². The fraction of sp³-hybridized carbons (Fsp3) is 0.643. The molecule has 1 heterocycles. The van der Waals surface area contributed by atoms with E-state index in [1.54, 1.807) is 13.3 Å². The SMILES string of the molecule is COc1ncccc1CNC1CC(C(C)C)C1. The van der Waals surface area contributed by atoms with Gasteiger partial charge in [-0.3, -0.25) is 0 Å². The normalized spacial score (nSPS) is 23.5. The van der Waals surface area contributed by atoms with Crippen LogP contribution >= 0.6 is 0 Å². The number of aromatic nitrogens is 1. The van der Waals surface area contributed by atoms with Crippen molar-refractivity contribution in [2.75, 3.05) is 7.11 Å². The second-order valence-corrected chi connectivity index (χ2v) is 5.23. The molecule has 1 aliphatic carbocycles. The van der Waals surface area contributed by atoms with Crippen molar-refractivity contribution in [3.63, 3.8) is 0 Å². The maximum atomic E-state index is 5.24. The Bertz CT molecular complexity index is 359. The van der Waals surface area contributed by atoms with Crippen LogP contribution in [0.25, 0.3) is 0 Å². The Hall–Kier alpha value is -1.09. The van der Waals surface area contributed by atoms with E-state index >= 15 is 0 Å². The summed E-state index contributed by atoms with van der Waals surface area (Å²) in [6.45, 7) is 5.47. The van der Waals surface area contributed by atoms with Crippen LogP contribution in [0.1, 0.15) is 32.3 Å². The summed E-state index contributed by atoms with van der Waals surface area (Å²) >= 11 is 0. The predicted octanol–water partition coefficient (Wildman–Crippen LogP) is 2.61. The van der Waals surface area contributed by atoms with Gasteiger partial charge in [0.15, 0.2) is 0 Å². The minimum Gasteiger partial charge on any atom is -0.481 e. The first-order chi connectivity index (χ1) is 8.20. The molecule has 0 saturated heterocycles. The number of hydrogen-bond acceptors (Lipinski definition) is 3. The summed E-state index contributed by atoms with van der Waals surface area (Å²) in [5, 5.41) is 3.57. The number of nitrogens with one attached hydrogen (secondary N) is 1. The van der Waals surface area contributed by atoms with E-state index in [1.165, 1.54) is 12.8 Å². The molecular formula is C14H22N2O. The zero-order valence-electron chi connectivity index (χ0n) is 10.9. The van der Waals surface area contributed by atoms with E-state index in [2.05, 4.69) is 30.2 Å². The van der Waals surface area contributed by atoms with Gasteiger partial charge in [-0.25, -0.2) is 4.98 Å². The lowest BCUT2D eigenvalue weighted by molar-refractivity contribution is 0.167. The summed E-state index contributed by atoms with van der Waals surface area (Å²) in [6.07, 6.45) is 4.38. The minimum absolute atomic E-state index is 0.673. The van der Waals surface area contributed by atoms with Crippen molar-refractivity contribution in [3.05, 3.63) is 23.9 Å². The fourth-order valence-electron chi connectivity index (χ4n) is 2.37. The standard InChI is InChI=1S/C14H22N2O/c1-10(2)12-7-13(8-12)16-9-11-5-4-6-15-14(11)17-3/h4-6,10,12-13,16H,7-9H2,1-3H3. The van der Waals surface area contributed by atoms with Gasteiger partial charge < -0.3 is 10.1 Å². The molecule has 0 unspecified atom stereocenters. The lowest BCUT2D eigenvalue weighted by Gasteiger charge is -2.38. The molecule has 17 heavy (non-hydrogen) atoms. The van der Waals surface area contributed by atoms with E-state index in [4.69, 9.17) is 4.74 Å². The van der Waals surface area contributed by atoms with E-state index in [0.29, 0.717) is 6.04 Å². The van der Waals surface area contributed by atoms with Gasteiger partial charge >= 0.3 is 0 Å². The molecule has 1 aromatic rings. The summed E-state index contributed by atoms with van der Waals surface area (Å²) in [4.78, 5) is 4.20. The molecule has 3 heteroatoms. The van der Waals surface area contributed by atoms with Crippen LogP contribution in [-0.2, 0) is 6.54 Å². The molecule has 0 radical (unpaired) electrons. The smallest absolute Gasteiger partial charge is 0.217 e. The van der Waals surface area contributed by atoms with Crippen molar-refractivity contribution in [1.29, 1.82) is 0 Å². The van der Waals surface area contributed by atoms with Crippen molar-refractivity contribution in [2.45, 2.75) is 39.3 Å². The lowest BCUT2D eigenvalue weighted by Crippen LogP contribution is -2.42. The lowest BCUT2D eigenvalue weighted by atomic mass is 9.73. The van der Waals surface area contributed by atoms with Crippen molar-refractivity contribution < 1.29 is 4.74 Å². The van der Waals surface area contributed by atoms with Crippen LogP contribution in [0.15, 0.2) is 18.3 Å². The van der Waals surface area contributed by atoms with Gasteiger partial charge in [0.1, 0.15) is 0 Å². The van der Waals surface area contributed by atoms with Gasteiger partial charge in [-0.2, -0.15) is 0 Å². The van der Waals surface area contributed by atoms with Crippen LogP contribution < -0.4 is 10.1 Å². The maximum Gasteiger partial charge on any atom is 0.217 e. The molecule has 1 saturated carbocycles. The molecule has 2 rings (SSSR count). The monoisotopic (exact) mass is 234 g/mol. The highest BCUT2D eigenvalue weighted by Crippen LogP contribution is 2.33. The predicted molar refractivity (Wildman–Crippen MR) is 69.0 cm³/mol. The summed E-state index contributed by atoms with van der Waals surface area (Å²) in [7, 11) is 1.67. The third-order valence-electron chi connectivity index (χ3n) is 3.74. The van der Waals surface area contributed by atoms with Crippen LogP contribution in [0, 0.1) is 11.8 Å². The molecule has 0 aliphatic heterocycles. The third-order valence-corrected chi connectivity index (χ3v) is 3.74.